The quantitative estimate of drug-likeness (QED) is 0.755. The van der Waals surface area contributed by atoms with E-state index in [1.54, 1.807) is 11.1 Å². The number of nitrogens with zero attached hydrogens (tertiary/aromatic N) is 1. The van der Waals surface area contributed by atoms with E-state index in [0.29, 0.717) is 5.02 Å². The Labute approximate surface area is 99.9 Å². The van der Waals surface area contributed by atoms with Crippen LogP contribution in [0.15, 0.2) is 24.3 Å². The summed E-state index contributed by atoms with van der Waals surface area (Å²) in [6.07, 6.45) is 0. The Balaban J connectivity index is 2.39. The molecule has 0 spiro atoms. The summed E-state index contributed by atoms with van der Waals surface area (Å²) in [4.78, 5) is 17.0. The smallest absolute Gasteiger partial charge is 0.340 e. The molecule has 0 aromatic heterocycles. The number of anilines is 1. The van der Waals surface area contributed by atoms with Gasteiger partial charge in [0.25, 0.3) is 0 Å². The van der Waals surface area contributed by atoms with Gasteiger partial charge < -0.3 is 4.84 Å². The molecule has 1 saturated heterocycles. The highest BCUT2D eigenvalue weighted by Crippen LogP contribution is 2.39. The van der Waals surface area contributed by atoms with Crippen LogP contribution in [0.25, 0.3) is 0 Å². The lowest BCUT2D eigenvalue weighted by Crippen LogP contribution is -2.34. The van der Waals surface area contributed by atoms with Crippen molar-refractivity contribution in [3.63, 3.8) is 0 Å². The van der Waals surface area contributed by atoms with Gasteiger partial charge in [-0.05, 0) is 32.9 Å². The van der Waals surface area contributed by atoms with E-state index in [0.717, 1.165) is 5.69 Å². The molecule has 1 aromatic rings. The first-order valence-corrected chi connectivity index (χ1v) is 5.58. The number of hydrogen-bond donors (Lipinski definition) is 0. The summed E-state index contributed by atoms with van der Waals surface area (Å²) >= 11 is 6.08. The van der Waals surface area contributed by atoms with Crippen LogP contribution in [0, 0.1) is 5.41 Å². The second-order valence-corrected chi connectivity index (χ2v) is 4.96. The highest BCUT2D eigenvalue weighted by molar-refractivity contribution is 6.33. The summed E-state index contributed by atoms with van der Waals surface area (Å²) in [5.74, 6) is -0.222. The van der Waals surface area contributed by atoms with Gasteiger partial charge in [0.15, 0.2) is 0 Å². The van der Waals surface area contributed by atoms with Crippen molar-refractivity contribution in [2.24, 2.45) is 5.41 Å². The van der Waals surface area contributed by atoms with E-state index in [1.165, 1.54) is 0 Å². The SMILES string of the molecule is CC1N(c2ccccc2Cl)OC(=O)C1(C)C. The number of carbonyl (C=O) groups is 1. The summed E-state index contributed by atoms with van der Waals surface area (Å²) in [5, 5.41) is 2.17. The van der Waals surface area contributed by atoms with Crippen LogP contribution in [-0.2, 0) is 9.63 Å². The third kappa shape index (κ3) is 1.55. The predicted octanol–water partition coefficient (Wildman–Crippen LogP) is 3.03. The van der Waals surface area contributed by atoms with Gasteiger partial charge >= 0.3 is 5.97 Å². The number of benzene rings is 1. The fourth-order valence-electron chi connectivity index (χ4n) is 1.64. The summed E-state index contributed by atoms with van der Waals surface area (Å²) in [7, 11) is 0. The zero-order valence-electron chi connectivity index (χ0n) is 9.53. The van der Waals surface area contributed by atoms with Crippen LogP contribution >= 0.6 is 11.6 Å². The molecule has 1 aromatic carbocycles. The van der Waals surface area contributed by atoms with E-state index < -0.39 is 5.41 Å². The van der Waals surface area contributed by atoms with Crippen molar-refractivity contribution in [1.29, 1.82) is 0 Å². The monoisotopic (exact) mass is 239 g/mol. The summed E-state index contributed by atoms with van der Waals surface area (Å²) < 4.78 is 0. The lowest BCUT2D eigenvalue weighted by atomic mass is 9.86. The number of rotatable bonds is 1. The highest BCUT2D eigenvalue weighted by atomic mass is 35.5. The third-order valence-corrected chi connectivity index (χ3v) is 3.51. The summed E-state index contributed by atoms with van der Waals surface area (Å²) in [6.45, 7) is 5.70. The standard InChI is InChI=1S/C12H14ClNO2/c1-8-12(2,3)11(15)16-14(8)10-7-5-4-6-9(10)13/h4-8H,1-3H3. The van der Waals surface area contributed by atoms with Gasteiger partial charge in [-0.25, -0.2) is 9.86 Å². The van der Waals surface area contributed by atoms with Gasteiger partial charge in [-0.15, -0.1) is 0 Å². The van der Waals surface area contributed by atoms with E-state index in [-0.39, 0.29) is 12.0 Å². The maximum Gasteiger partial charge on any atom is 0.340 e. The van der Waals surface area contributed by atoms with Crippen molar-refractivity contribution >= 4 is 23.3 Å². The molecule has 0 N–H and O–H groups in total. The van der Waals surface area contributed by atoms with Crippen molar-refractivity contribution < 1.29 is 9.63 Å². The molecule has 1 atom stereocenters. The van der Waals surface area contributed by atoms with Crippen molar-refractivity contribution in [2.75, 3.05) is 5.06 Å². The molecular weight excluding hydrogens is 226 g/mol. The van der Waals surface area contributed by atoms with Gasteiger partial charge in [-0.3, -0.25) is 0 Å². The Bertz CT molecular complexity index is 431. The Morgan fingerprint density at radius 3 is 2.50 bits per heavy atom. The second kappa shape index (κ2) is 3.67. The van der Waals surface area contributed by atoms with Crippen LogP contribution in [0.5, 0.6) is 0 Å². The van der Waals surface area contributed by atoms with Crippen molar-refractivity contribution in [1.82, 2.24) is 0 Å². The Morgan fingerprint density at radius 2 is 2.00 bits per heavy atom. The normalized spacial score (nSPS) is 23.4. The van der Waals surface area contributed by atoms with Gasteiger partial charge in [0.05, 0.1) is 22.2 Å². The first-order chi connectivity index (χ1) is 7.44. The molecule has 3 nitrogen and oxygen atoms in total. The van der Waals surface area contributed by atoms with Crippen LogP contribution < -0.4 is 5.06 Å². The molecule has 2 rings (SSSR count). The molecule has 0 aliphatic carbocycles. The fraction of sp³-hybridized carbons (Fsp3) is 0.417. The van der Waals surface area contributed by atoms with E-state index in [4.69, 9.17) is 16.4 Å². The maximum absolute atomic E-state index is 11.7. The maximum atomic E-state index is 11.7. The number of hydroxylamine groups is 1. The lowest BCUT2D eigenvalue weighted by Gasteiger charge is -2.25. The van der Waals surface area contributed by atoms with Crippen LogP contribution in [0.4, 0.5) is 5.69 Å². The Kier molecular flexibility index (Phi) is 2.58. The van der Waals surface area contributed by atoms with E-state index >= 15 is 0 Å². The van der Waals surface area contributed by atoms with Gasteiger partial charge in [-0.1, -0.05) is 23.7 Å². The minimum absolute atomic E-state index is 0.0418. The van der Waals surface area contributed by atoms with Gasteiger partial charge in [-0.2, -0.15) is 0 Å². The largest absolute Gasteiger partial charge is 0.340 e. The molecule has 1 fully saturated rings. The molecule has 1 aliphatic heterocycles. The molecule has 1 unspecified atom stereocenters. The molecule has 16 heavy (non-hydrogen) atoms. The molecule has 1 aliphatic rings. The highest BCUT2D eigenvalue weighted by Gasteiger charge is 2.48. The van der Waals surface area contributed by atoms with Crippen LogP contribution in [0.3, 0.4) is 0 Å². The first kappa shape index (κ1) is 11.3. The summed E-state index contributed by atoms with van der Waals surface area (Å²) in [5.41, 5.74) is 0.217. The molecule has 0 bridgehead atoms. The lowest BCUT2D eigenvalue weighted by molar-refractivity contribution is -0.145. The van der Waals surface area contributed by atoms with E-state index in [2.05, 4.69) is 0 Å². The van der Waals surface area contributed by atoms with Gasteiger partial charge in [0, 0.05) is 0 Å². The predicted molar refractivity (Wildman–Crippen MR) is 63.3 cm³/mol. The number of halogens is 1. The van der Waals surface area contributed by atoms with Crippen LogP contribution in [0.2, 0.25) is 5.02 Å². The van der Waals surface area contributed by atoms with Crippen molar-refractivity contribution in [3.05, 3.63) is 29.3 Å². The Hall–Kier alpha value is -1.22. The summed E-state index contributed by atoms with van der Waals surface area (Å²) in [6, 6.07) is 7.29. The second-order valence-electron chi connectivity index (χ2n) is 4.55. The average molecular weight is 240 g/mol. The minimum Gasteiger partial charge on any atom is -0.340 e. The van der Waals surface area contributed by atoms with Crippen molar-refractivity contribution in [2.45, 2.75) is 26.8 Å². The molecule has 86 valence electrons. The fourth-order valence-corrected chi connectivity index (χ4v) is 1.86. The van der Waals surface area contributed by atoms with Crippen LogP contribution in [-0.4, -0.2) is 12.0 Å². The molecule has 0 radical (unpaired) electrons. The average Bonchev–Trinajstić information content (AvgIpc) is 2.43. The van der Waals surface area contributed by atoms with E-state index in [9.17, 15) is 4.79 Å². The van der Waals surface area contributed by atoms with E-state index in [1.807, 2.05) is 39.0 Å². The van der Waals surface area contributed by atoms with Gasteiger partial charge in [0.2, 0.25) is 0 Å². The minimum atomic E-state index is -0.515. The molecule has 0 saturated carbocycles. The zero-order chi connectivity index (χ0) is 11.9. The Morgan fingerprint density at radius 1 is 1.38 bits per heavy atom. The molecule has 0 amide bonds. The number of carbonyl (C=O) groups excluding carboxylic acids is 1. The number of hydrogen-bond acceptors (Lipinski definition) is 3. The molecular formula is C12H14ClNO2. The molecule has 4 heteroatoms. The van der Waals surface area contributed by atoms with Gasteiger partial charge in [0.1, 0.15) is 0 Å². The number of para-hydroxylation sites is 1. The topological polar surface area (TPSA) is 29.5 Å². The third-order valence-electron chi connectivity index (χ3n) is 3.19. The van der Waals surface area contributed by atoms with Crippen LogP contribution in [0.1, 0.15) is 20.8 Å². The zero-order valence-corrected chi connectivity index (χ0v) is 10.3. The van der Waals surface area contributed by atoms with Crippen molar-refractivity contribution in [3.8, 4) is 0 Å². The first-order valence-electron chi connectivity index (χ1n) is 5.20. The molecule has 1 heterocycles.